The number of aryl methyl sites for hydroxylation is 1. The lowest BCUT2D eigenvalue weighted by molar-refractivity contribution is 0.0376. The van der Waals surface area contributed by atoms with Gasteiger partial charge in [0.2, 0.25) is 0 Å². The van der Waals surface area contributed by atoms with Crippen molar-refractivity contribution >= 4 is 11.6 Å². The van der Waals surface area contributed by atoms with Gasteiger partial charge in [-0.05, 0) is 73.7 Å². The average Bonchev–Trinajstić information content (AvgIpc) is 3.28. The number of halogens is 1. The number of rotatable bonds is 10. The molecule has 4 rings (SSSR count). The molecule has 2 unspecified atom stereocenters. The van der Waals surface area contributed by atoms with Gasteiger partial charge < -0.3 is 9.47 Å². The zero-order valence-corrected chi connectivity index (χ0v) is 19.5. The van der Waals surface area contributed by atoms with Gasteiger partial charge in [0.1, 0.15) is 11.9 Å². The summed E-state index contributed by atoms with van der Waals surface area (Å²) in [6, 6.07) is 27.3. The van der Waals surface area contributed by atoms with Crippen LogP contribution in [0.25, 0.3) is 0 Å². The molecule has 0 spiro atoms. The maximum Gasteiger partial charge on any atom is 0.122 e. The van der Waals surface area contributed by atoms with Crippen molar-refractivity contribution in [3.05, 3.63) is 101 Å². The van der Waals surface area contributed by atoms with E-state index in [9.17, 15) is 0 Å². The molecule has 0 aromatic heterocycles. The van der Waals surface area contributed by atoms with E-state index >= 15 is 0 Å². The van der Waals surface area contributed by atoms with Crippen molar-refractivity contribution in [1.29, 1.82) is 0 Å². The summed E-state index contributed by atoms with van der Waals surface area (Å²) in [7, 11) is 1.75. The molecule has 0 N–H and O–H groups in total. The number of ether oxygens (including phenoxy) is 2. The van der Waals surface area contributed by atoms with Crippen molar-refractivity contribution < 1.29 is 9.47 Å². The zero-order valence-electron chi connectivity index (χ0n) is 18.8. The Hall–Kier alpha value is -2.33. The van der Waals surface area contributed by atoms with Gasteiger partial charge in [-0.15, -0.1) is 0 Å². The van der Waals surface area contributed by atoms with E-state index in [1.54, 1.807) is 7.11 Å². The van der Waals surface area contributed by atoms with E-state index < -0.39 is 0 Å². The first-order chi connectivity index (χ1) is 15.7. The summed E-state index contributed by atoms with van der Waals surface area (Å²) in [5.41, 5.74) is 3.60. The number of para-hydroxylation sites is 1. The third kappa shape index (κ3) is 5.92. The molecule has 0 bridgehead atoms. The minimum atomic E-state index is -0.0792. The van der Waals surface area contributed by atoms with Crippen LogP contribution in [0.4, 0.5) is 0 Å². The van der Waals surface area contributed by atoms with Gasteiger partial charge in [-0.2, -0.15) is 0 Å². The van der Waals surface area contributed by atoms with Crippen LogP contribution < -0.4 is 4.74 Å². The Morgan fingerprint density at radius 3 is 2.44 bits per heavy atom. The number of likely N-dealkylation sites (tertiary alicyclic amines) is 1. The summed E-state index contributed by atoms with van der Waals surface area (Å²) in [5, 5.41) is 0.748. The Kier molecular flexibility index (Phi) is 8.22. The lowest BCUT2D eigenvalue weighted by Gasteiger charge is -2.27. The van der Waals surface area contributed by atoms with E-state index in [0.29, 0.717) is 6.04 Å². The van der Waals surface area contributed by atoms with E-state index in [2.05, 4.69) is 53.4 Å². The van der Waals surface area contributed by atoms with Gasteiger partial charge in [-0.1, -0.05) is 72.3 Å². The monoisotopic (exact) mass is 449 g/mol. The first kappa shape index (κ1) is 22.8. The van der Waals surface area contributed by atoms with Crippen LogP contribution >= 0.6 is 11.6 Å². The van der Waals surface area contributed by atoms with E-state index in [1.165, 1.54) is 24.0 Å². The van der Waals surface area contributed by atoms with Crippen molar-refractivity contribution in [3.8, 4) is 5.75 Å². The zero-order chi connectivity index (χ0) is 22.2. The molecule has 0 amide bonds. The largest absolute Gasteiger partial charge is 0.496 e. The van der Waals surface area contributed by atoms with Crippen LogP contribution in [0.15, 0.2) is 78.9 Å². The second-order valence-electron chi connectivity index (χ2n) is 8.42. The smallest absolute Gasteiger partial charge is 0.122 e. The Labute approximate surface area is 196 Å². The van der Waals surface area contributed by atoms with Crippen LogP contribution in [-0.2, 0) is 11.2 Å². The highest BCUT2D eigenvalue weighted by Gasteiger charge is 2.26. The number of methoxy groups -OCH3 is 1. The summed E-state index contributed by atoms with van der Waals surface area (Å²) in [4.78, 5) is 2.60. The fraction of sp³-hybridized carbons (Fsp3) is 0.357. The predicted molar refractivity (Wildman–Crippen MR) is 132 cm³/mol. The summed E-state index contributed by atoms with van der Waals surface area (Å²) in [6.07, 6.45) is 4.50. The molecule has 3 nitrogen and oxygen atoms in total. The van der Waals surface area contributed by atoms with Gasteiger partial charge in [-0.25, -0.2) is 0 Å². The second-order valence-corrected chi connectivity index (χ2v) is 8.86. The summed E-state index contributed by atoms with van der Waals surface area (Å²) < 4.78 is 12.1. The number of hydrogen-bond acceptors (Lipinski definition) is 3. The predicted octanol–water partition coefficient (Wildman–Crippen LogP) is 6.55. The van der Waals surface area contributed by atoms with Crippen molar-refractivity contribution in [2.24, 2.45) is 0 Å². The Morgan fingerprint density at radius 1 is 0.938 bits per heavy atom. The molecule has 3 aromatic rings. The molecule has 32 heavy (non-hydrogen) atoms. The normalized spacial score (nSPS) is 17.4. The highest BCUT2D eigenvalue weighted by molar-refractivity contribution is 6.30. The topological polar surface area (TPSA) is 21.7 Å². The Balaban J connectivity index is 1.36. The maximum atomic E-state index is 6.56. The first-order valence-electron chi connectivity index (χ1n) is 11.5. The molecule has 1 fully saturated rings. The average molecular weight is 450 g/mol. The van der Waals surface area contributed by atoms with Gasteiger partial charge >= 0.3 is 0 Å². The van der Waals surface area contributed by atoms with Crippen LogP contribution in [-0.4, -0.2) is 37.7 Å². The number of nitrogens with zero attached hydrogens (tertiary/aromatic N) is 1. The SMILES string of the molecule is COc1ccccc1CCCN1CCCC1COC(c1ccccc1)c1ccc(Cl)cc1. The lowest BCUT2D eigenvalue weighted by Crippen LogP contribution is -2.34. The summed E-state index contributed by atoms with van der Waals surface area (Å²) in [5.74, 6) is 0.988. The van der Waals surface area contributed by atoms with Crippen LogP contribution in [0.5, 0.6) is 5.75 Å². The second kappa shape index (κ2) is 11.5. The molecular formula is C28H32ClNO2. The van der Waals surface area contributed by atoms with Crippen LogP contribution in [0.1, 0.15) is 42.1 Å². The highest BCUT2D eigenvalue weighted by Crippen LogP contribution is 2.29. The van der Waals surface area contributed by atoms with E-state index in [1.807, 2.05) is 30.3 Å². The minimum absolute atomic E-state index is 0.0792. The van der Waals surface area contributed by atoms with Crippen LogP contribution in [0.2, 0.25) is 5.02 Å². The molecular weight excluding hydrogens is 418 g/mol. The summed E-state index contributed by atoms with van der Waals surface area (Å²) >= 11 is 6.12. The van der Waals surface area contributed by atoms with Crippen molar-refractivity contribution in [3.63, 3.8) is 0 Å². The molecule has 0 aliphatic carbocycles. The van der Waals surface area contributed by atoms with Gasteiger partial charge in [0.15, 0.2) is 0 Å². The van der Waals surface area contributed by atoms with E-state index in [-0.39, 0.29) is 6.10 Å². The van der Waals surface area contributed by atoms with Crippen LogP contribution in [0, 0.1) is 0 Å². The highest BCUT2D eigenvalue weighted by atomic mass is 35.5. The standard InChI is InChI=1S/C28H32ClNO2/c1-31-27-14-6-5-9-22(27)12-7-19-30-20-8-13-26(30)21-32-28(23-10-3-2-4-11-23)24-15-17-25(29)18-16-24/h2-6,9-11,14-18,26,28H,7-8,12-13,19-21H2,1H3. The molecule has 0 radical (unpaired) electrons. The fourth-order valence-electron chi connectivity index (χ4n) is 4.62. The molecule has 1 saturated heterocycles. The molecule has 1 heterocycles. The van der Waals surface area contributed by atoms with E-state index in [0.717, 1.165) is 48.9 Å². The molecule has 4 heteroatoms. The lowest BCUT2D eigenvalue weighted by atomic mass is 10.0. The Morgan fingerprint density at radius 2 is 1.66 bits per heavy atom. The van der Waals surface area contributed by atoms with E-state index in [4.69, 9.17) is 21.1 Å². The maximum absolute atomic E-state index is 6.56. The third-order valence-corrected chi connectivity index (χ3v) is 6.57. The van der Waals surface area contributed by atoms with Crippen molar-refractivity contribution in [1.82, 2.24) is 4.90 Å². The van der Waals surface area contributed by atoms with Gasteiger partial charge in [0.05, 0.1) is 13.7 Å². The molecule has 1 aliphatic heterocycles. The fourth-order valence-corrected chi connectivity index (χ4v) is 4.74. The first-order valence-corrected chi connectivity index (χ1v) is 11.9. The third-order valence-electron chi connectivity index (χ3n) is 6.31. The number of hydrogen-bond donors (Lipinski definition) is 0. The molecule has 3 aromatic carbocycles. The molecule has 2 atom stereocenters. The van der Waals surface area contributed by atoms with Crippen LogP contribution in [0.3, 0.4) is 0 Å². The number of benzene rings is 3. The van der Waals surface area contributed by atoms with Gasteiger partial charge in [0.25, 0.3) is 0 Å². The quantitative estimate of drug-likeness (QED) is 0.350. The molecule has 0 saturated carbocycles. The summed E-state index contributed by atoms with van der Waals surface area (Å²) in [6.45, 7) is 2.97. The Bertz CT molecular complexity index is 961. The van der Waals surface area contributed by atoms with Crippen molar-refractivity contribution in [2.45, 2.75) is 37.8 Å². The van der Waals surface area contributed by atoms with Gasteiger partial charge in [-0.3, -0.25) is 4.90 Å². The van der Waals surface area contributed by atoms with Crippen molar-refractivity contribution in [2.75, 3.05) is 26.8 Å². The minimum Gasteiger partial charge on any atom is -0.496 e. The molecule has 168 valence electrons. The molecule has 1 aliphatic rings. The van der Waals surface area contributed by atoms with Gasteiger partial charge in [0, 0.05) is 11.1 Å².